The third-order valence-electron chi connectivity index (χ3n) is 17.4. The third-order valence-corrected chi connectivity index (χ3v) is 17.4. The Bertz CT molecular complexity index is 2850. The number of amides is 4. The molecule has 4 amide bonds. The van der Waals surface area contributed by atoms with Crippen LogP contribution in [0.15, 0.2) is 73.1 Å². The van der Waals surface area contributed by atoms with Crippen molar-refractivity contribution in [2.45, 2.75) is 134 Å². The van der Waals surface area contributed by atoms with Crippen molar-refractivity contribution in [3.63, 3.8) is 0 Å². The van der Waals surface area contributed by atoms with Crippen LogP contribution in [0.25, 0.3) is 44.8 Å². The number of benzene rings is 3. The minimum atomic E-state index is -0.684. The van der Waals surface area contributed by atoms with E-state index in [1.807, 2.05) is 49.9 Å². The minimum Gasteiger partial charge on any atom is -0.453 e. The fraction of sp³-hybridized carbons (Fsp3) is 0.509. The van der Waals surface area contributed by atoms with Crippen LogP contribution in [0, 0.1) is 22.7 Å². The van der Waals surface area contributed by atoms with Gasteiger partial charge in [-0.15, -0.1) is 0 Å². The van der Waals surface area contributed by atoms with Crippen molar-refractivity contribution in [3.05, 3.63) is 95.8 Å². The number of nitrogens with zero attached hydrogens (tertiary/aromatic N) is 4. The van der Waals surface area contributed by atoms with Gasteiger partial charge < -0.3 is 39.9 Å². The first-order chi connectivity index (χ1) is 34.2. The number of ether oxygens (including phenoxy) is 2. The number of hydrogen-bond acceptors (Lipinski definition) is 8. The number of aromatic nitrogens is 4. The highest BCUT2D eigenvalue weighted by atomic mass is 16.5. The van der Waals surface area contributed by atoms with Crippen molar-refractivity contribution >= 4 is 24.0 Å². The predicted octanol–water partition coefficient (Wildman–Crippen LogP) is 10.4. The van der Waals surface area contributed by atoms with Gasteiger partial charge >= 0.3 is 12.2 Å². The molecule has 3 aromatic carbocycles. The molecule has 0 unspecified atom stereocenters. The number of methoxy groups -OCH3 is 2. The van der Waals surface area contributed by atoms with Gasteiger partial charge in [0.15, 0.2) is 0 Å². The number of imidazole rings is 2. The van der Waals surface area contributed by atoms with Crippen molar-refractivity contribution in [1.82, 2.24) is 40.4 Å². The van der Waals surface area contributed by atoms with Crippen LogP contribution in [0.1, 0.15) is 133 Å². The van der Waals surface area contributed by atoms with Crippen molar-refractivity contribution in [1.29, 1.82) is 0 Å². The molecule has 372 valence electrons. The summed E-state index contributed by atoms with van der Waals surface area (Å²) in [6.07, 6.45) is 15.8. The molecule has 6 aliphatic rings. The number of aromatic amines is 2. The van der Waals surface area contributed by atoms with Crippen molar-refractivity contribution in [2.24, 2.45) is 22.7 Å². The van der Waals surface area contributed by atoms with Crippen LogP contribution in [0.4, 0.5) is 9.59 Å². The Morgan fingerprint density at radius 2 is 1.01 bits per heavy atom. The van der Waals surface area contributed by atoms with E-state index in [1.54, 1.807) is 0 Å². The maximum atomic E-state index is 14.1. The molecule has 2 saturated heterocycles. The summed E-state index contributed by atoms with van der Waals surface area (Å²) in [7, 11) is 2.64. The lowest BCUT2D eigenvalue weighted by atomic mass is 9.76. The molecule has 2 aliphatic heterocycles. The molecule has 14 nitrogen and oxygen atoms in total. The second-order valence-corrected chi connectivity index (χ2v) is 22.6. The number of fused-ring (bicyclic) bond motifs is 2. The molecule has 5 aromatic rings. The Morgan fingerprint density at radius 1 is 0.592 bits per heavy atom. The Morgan fingerprint density at radius 3 is 1.44 bits per heavy atom. The fourth-order valence-corrected chi connectivity index (χ4v) is 12.9. The number of hydrogen-bond donors (Lipinski definition) is 4. The van der Waals surface area contributed by atoms with Crippen LogP contribution in [-0.4, -0.2) is 93.1 Å². The highest BCUT2D eigenvalue weighted by molar-refractivity contribution is 5.88. The normalized spacial score (nSPS) is 21.8. The predicted molar refractivity (Wildman–Crippen MR) is 271 cm³/mol. The van der Waals surface area contributed by atoms with Crippen molar-refractivity contribution in [2.75, 3.05) is 27.3 Å². The Balaban J connectivity index is 0.830. The maximum absolute atomic E-state index is 14.1. The van der Waals surface area contributed by atoms with E-state index in [-0.39, 0.29) is 52.0 Å². The van der Waals surface area contributed by atoms with E-state index in [2.05, 4.69) is 81.3 Å². The van der Waals surface area contributed by atoms with Crippen molar-refractivity contribution in [3.8, 4) is 44.8 Å². The van der Waals surface area contributed by atoms with Crippen LogP contribution in [-0.2, 0) is 30.9 Å². The first-order valence-electron chi connectivity index (χ1n) is 26.0. The number of alkyl carbamates (subject to hydrolysis) is 2. The number of carbonyl (C=O) groups excluding carboxylic acids is 4. The van der Waals surface area contributed by atoms with E-state index in [0.717, 1.165) is 79.1 Å². The van der Waals surface area contributed by atoms with Gasteiger partial charge in [0.2, 0.25) is 11.8 Å². The molecule has 0 radical (unpaired) electrons. The molecule has 71 heavy (non-hydrogen) atoms. The summed E-state index contributed by atoms with van der Waals surface area (Å²) in [6, 6.07) is 20.6. The molecule has 14 heteroatoms. The van der Waals surface area contributed by atoms with Crippen molar-refractivity contribution < 1.29 is 28.7 Å². The molecule has 11 rings (SSSR count). The van der Waals surface area contributed by atoms with Gasteiger partial charge in [-0.3, -0.25) is 9.59 Å². The second kappa shape index (κ2) is 18.0. The Hall–Kier alpha value is -6.44. The molecule has 4 atom stereocenters. The fourth-order valence-electron chi connectivity index (χ4n) is 12.9. The monoisotopic (exact) mass is 961 g/mol. The van der Waals surface area contributed by atoms with E-state index in [1.165, 1.54) is 79.7 Å². The lowest BCUT2D eigenvalue weighted by molar-refractivity contribution is -0.136. The van der Waals surface area contributed by atoms with Crippen LogP contribution >= 0.6 is 0 Å². The first-order valence-corrected chi connectivity index (χ1v) is 26.0. The molecule has 4 aliphatic carbocycles. The van der Waals surface area contributed by atoms with E-state index < -0.39 is 24.3 Å². The Labute approximate surface area is 416 Å². The molecular formula is C57H68N8O6. The van der Waals surface area contributed by atoms with Gasteiger partial charge in [-0.2, -0.15) is 0 Å². The average molecular weight is 961 g/mol. The number of nitrogens with one attached hydrogen (secondary N) is 4. The van der Waals surface area contributed by atoms with E-state index >= 15 is 0 Å². The second-order valence-electron chi connectivity index (χ2n) is 22.6. The Kier molecular flexibility index (Phi) is 11.9. The van der Waals surface area contributed by atoms with E-state index in [4.69, 9.17) is 19.4 Å². The zero-order valence-electron chi connectivity index (χ0n) is 42.0. The number of carbonyl (C=O) groups is 4. The van der Waals surface area contributed by atoms with Gasteiger partial charge in [0, 0.05) is 13.1 Å². The van der Waals surface area contributed by atoms with Gasteiger partial charge in [0.25, 0.3) is 0 Å². The van der Waals surface area contributed by atoms with Gasteiger partial charge in [0.1, 0.15) is 23.7 Å². The highest BCUT2D eigenvalue weighted by Gasteiger charge is 2.56. The molecule has 2 aromatic heterocycles. The van der Waals surface area contributed by atoms with Gasteiger partial charge in [0.05, 0.1) is 50.1 Å². The summed E-state index contributed by atoms with van der Waals surface area (Å²) in [4.78, 5) is 73.4. The number of likely N-dealkylation sites (tertiary alicyclic amines) is 2. The maximum Gasteiger partial charge on any atom is 0.407 e. The lowest BCUT2D eigenvalue weighted by Gasteiger charge is -2.30. The summed E-state index contributed by atoms with van der Waals surface area (Å²) in [5.41, 5.74) is 12.4. The molecule has 4 heterocycles. The summed E-state index contributed by atoms with van der Waals surface area (Å²) in [6.45, 7) is 9.10. The third kappa shape index (κ3) is 8.58. The van der Waals surface area contributed by atoms with E-state index in [0.29, 0.717) is 13.1 Å². The highest BCUT2D eigenvalue weighted by Crippen LogP contribution is 2.60. The van der Waals surface area contributed by atoms with Gasteiger partial charge in [-0.05, 0) is 137 Å². The standard InChI is InChI=1S/C57H68N8O6/c1-33(2)47(62-53(68)70-5)51(66)64-31-55(23-24-55)27-44(64)49-58-29-42(60-49)37-13-9-35(10-14-37)39-17-18-40(46-41(39)19-22-57(46)20-7-8-21-57)36-11-15-38(16-12-36)43-30-59-50(61-43)45-28-56(25-26-56)32-65(45)52(67)48(34(3)4)63-54(69)71-6/h9-18,29-30,33-34,44-45,47-48H,7-8,19-28,31-32H2,1-6H3,(H,58,60)(H,59,61)(H,62,68)(H,63,69)/t44-,45-,47-,48-/m0/s1. The molecule has 3 spiro atoms. The van der Waals surface area contributed by atoms with Crippen LogP contribution in [0.2, 0.25) is 0 Å². The van der Waals surface area contributed by atoms with E-state index in [9.17, 15) is 19.2 Å². The molecule has 5 fully saturated rings. The summed E-state index contributed by atoms with van der Waals surface area (Å²) in [5, 5.41) is 5.56. The summed E-state index contributed by atoms with van der Waals surface area (Å²) >= 11 is 0. The largest absolute Gasteiger partial charge is 0.453 e. The summed E-state index contributed by atoms with van der Waals surface area (Å²) in [5.74, 6) is 1.17. The molecule has 3 saturated carbocycles. The molecular weight excluding hydrogens is 893 g/mol. The molecule has 0 bridgehead atoms. The number of H-pyrrole nitrogens is 2. The van der Waals surface area contributed by atoms with Gasteiger partial charge in [-0.1, -0.05) is 101 Å². The smallest absolute Gasteiger partial charge is 0.407 e. The average Bonchev–Trinajstić information content (AvgIpc) is 3.81. The van der Waals surface area contributed by atoms with Crippen LogP contribution in [0.5, 0.6) is 0 Å². The topological polar surface area (TPSA) is 175 Å². The first kappa shape index (κ1) is 46.9. The van der Waals surface area contributed by atoms with Crippen LogP contribution < -0.4 is 10.6 Å². The number of rotatable bonds is 12. The zero-order valence-corrected chi connectivity index (χ0v) is 42.0. The van der Waals surface area contributed by atoms with Gasteiger partial charge in [-0.25, -0.2) is 19.6 Å². The SMILES string of the molecule is COC(=O)N[C@H](C(=O)N1CC2(CC2)C[C@H]1c1ncc(-c2ccc(-c3ccc(-c4ccc(-c5cnc([C@@H]6CC7(CC7)CN6C(=O)[C@@H](NC(=O)OC)C(C)C)[nH]5)cc4)c4c3CCC43CCCC3)cc2)[nH]1)C(C)C. The lowest BCUT2D eigenvalue weighted by Crippen LogP contribution is -2.51. The minimum absolute atomic E-state index is 0.0941. The molecule has 4 N–H and O–H groups in total. The zero-order chi connectivity index (χ0) is 49.4. The summed E-state index contributed by atoms with van der Waals surface area (Å²) < 4.78 is 9.73. The quantitative estimate of drug-likeness (QED) is 0.0956. The van der Waals surface area contributed by atoms with Crippen LogP contribution in [0.3, 0.4) is 0 Å².